The van der Waals surface area contributed by atoms with Gasteiger partial charge in [0.1, 0.15) is 5.75 Å². The zero-order valence-electron chi connectivity index (χ0n) is 15.5. The Morgan fingerprint density at radius 2 is 2.20 bits per heavy atom. The summed E-state index contributed by atoms with van der Waals surface area (Å²) in [6, 6.07) is 8.14. The van der Waals surface area contributed by atoms with Crippen LogP contribution in [-0.2, 0) is 0 Å². The van der Waals surface area contributed by atoms with Gasteiger partial charge in [0.2, 0.25) is 0 Å². The molecule has 0 amide bonds. The first-order valence-corrected chi connectivity index (χ1v) is 9.24. The molecule has 1 aromatic carbocycles. The molecule has 1 aromatic heterocycles. The molecule has 0 aliphatic carbocycles. The van der Waals surface area contributed by atoms with Crippen molar-refractivity contribution in [3.05, 3.63) is 53.4 Å². The second-order valence-corrected chi connectivity index (χ2v) is 7.14. The van der Waals surface area contributed by atoms with E-state index >= 15 is 0 Å². The van der Waals surface area contributed by atoms with Crippen LogP contribution in [0.15, 0.2) is 36.5 Å². The van der Waals surface area contributed by atoms with Gasteiger partial charge in [0, 0.05) is 30.3 Å². The van der Waals surface area contributed by atoms with Crippen LogP contribution in [0.25, 0.3) is 6.08 Å². The van der Waals surface area contributed by atoms with Crippen molar-refractivity contribution in [2.75, 3.05) is 26.7 Å². The van der Waals surface area contributed by atoms with E-state index in [2.05, 4.69) is 47.2 Å². The minimum Gasteiger partial charge on any atom is -0.496 e. The van der Waals surface area contributed by atoms with Gasteiger partial charge >= 0.3 is 0 Å². The summed E-state index contributed by atoms with van der Waals surface area (Å²) in [5, 5.41) is 7.56. The van der Waals surface area contributed by atoms with Gasteiger partial charge in [-0.25, -0.2) is 0 Å². The van der Waals surface area contributed by atoms with E-state index in [1.165, 1.54) is 24.1 Å². The van der Waals surface area contributed by atoms with Gasteiger partial charge in [0.15, 0.2) is 0 Å². The Morgan fingerprint density at radius 1 is 1.36 bits per heavy atom. The van der Waals surface area contributed by atoms with E-state index < -0.39 is 0 Å². The fraction of sp³-hybridized carbons (Fsp3) is 0.476. The number of hydrogen-bond donors (Lipinski definition) is 1. The zero-order valence-corrected chi connectivity index (χ0v) is 15.5. The summed E-state index contributed by atoms with van der Waals surface area (Å²) in [5.74, 6) is 2.01. The molecule has 1 atom stereocenters. The predicted octanol–water partition coefficient (Wildman–Crippen LogP) is 4.43. The number of nitrogens with zero attached hydrogens (tertiary/aromatic N) is 2. The molecule has 25 heavy (non-hydrogen) atoms. The molecule has 0 radical (unpaired) electrons. The van der Waals surface area contributed by atoms with Crippen LogP contribution in [0.2, 0.25) is 0 Å². The van der Waals surface area contributed by atoms with Crippen molar-refractivity contribution >= 4 is 6.08 Å². The van der Waals surface area contributed by atoms with Gasteiger partial charge in [-0.2, -0.15) is 5.10 Å². The average molecular weight is 339 g/mol. The van der Waals surface area contributed by atoms with Gasteiger partial charge in [0.25, 0.3) is 0 Å². The summed E-state index contributed by atoms with van der Waals surface area (Å²) in [6.45, 7) is 7.71. The Balaban J connectivity index is 1.62. The number of ether oxygens (including phenoxy) is 1. The minimum atomic E-state index is 0.523. The molecule has 1 aliphatic rings. The summed E-state index contributed by atoms with van der Waals surface area (Å²) >= 11 is 0. The van der Waals surface area contributed by atoms with Crippen molar-refractivity contribution in [1.29, 1.82) is 0 Å². The summed E-state index contributed by atoms with van der Waals surface area (Å²) in [5.41, 5.74) is 3.85. The Hall–Kier alpha value is -2.07. The normalized spacial score (nSPS) is 19.0. The van der Waals surface area contributed by atoms with Gasteiger partial charge in [-0.15, -0.1) is 0 Å². The van der Waals surface area contributed by atoms with E-state index in [0.29, 0.717) is 11.8 Å². The van der Waals surface area contributed by atoms with Crippen LogP contribution in [-0.4, -0.2) is 41.8 Å². The predicted molar refractivity (Wildman–Crippen MR) is 103 cm³/mol. The second kappa shape index (κ2) is 8.34. The highest BCUT2D eigenvalue weighted by atomic mass is 16.5. The van der Waals surface area contributed by atoms with E-state index in [-0.39, 0.29) is 0 Å². The fourth-order valence-corrected chi connectivity index (χ4v) is 3.68. The summed E-state index contributed by atoms with van der Waals surface area (Å²) in [4.78, 5) is 2.53. The molecule has 2 heterocycles. The minimum absolute atomic E-state index is 0.523. The van der Waals surface area contributed by atoms with Crippen molar-refractivity contribution in [3.63, 3.8) is 0 Å². The zero-order chi connectivity index (χ0) is 17.6. The molecule has 1 N–H and O–H groups in total. The molecular formula is C21H29N3O. The van der Waals surface area contributed by atoms with E-state index in [1.54, 1.807) is 7.11 Å². The number of piperidine rings is 1. The highest BCUT2D eigenvalue weighted by Crippen LogP contribution is 2.31. The molecular weight excluding hydrogens is 310 g/mol. The first kappa shape index (κ1) is 17.7. The molecule has 4 heteroatoms. The summed E-state index contributed by atoms with van der Waals surface area (Å²) in [7, 11) is 1.72. The number of likely N-dealkylation sites (tertiary alicyclic amines) is 1. The number of benzene rings is 1. The number of hydrogen-bond acceptors (Lipinski definition) is 3. The van der Waals surface area contributed by atoms with Crippen molar-refractivity contribution < 1.29 is 4.74 Å². The maximum absolute atomic E-state index is 5.41. The standard InChI is InChI=1S/C21H29N3O/c1-16(2)19-14-22-23-21(19)18-10-7-13-24(15-18)12-6-9-17-8-4-5-11-20(17)25-3/h4-6,8-9,11,14,16,18H,7,10,12-13,15H2,1-3H3,(H,22,23). The van der Waals surface area contributed by atoms with Gasteiger partial charge in [-0.3, -0.25) is 10.00 Å². The second-order valence-electron chi connectivity index (χ2n) is 7.14. The molecule has 0 bridgehead atoms. The number of aromatic nitrogens is 2. The third-order valence-electron chi connectivity index (χ3n) is 5.04. The molecule has 1 aliphatic heterocycles. The Kier molecular flexibility index (Phi) is 5.92. The molecule has 1 saturated heterocycles. The molecule has 4 nitrogen and oxygen atoms in total. The first-order valence-electron chi connectivity index (χ1n) is 9.24. The summed E-state index contributed by atoms with van der Waals surface area (Å²) in [6.07, 6.45) is 8.90. The molecule has 1 fully saturated rings. The Morgan fingerprint density at radius 3 is 3.00 bits per heavy atom. The van der Waals surface area contributed by atoms with Crippen LogP contribution >= 0.6 is 0 Å². The Bertz CT molecular complexity index is 705. The number of para-hydroxylation sites is 1. The van der Waals surface area contributed by atoms with E-state index in [4.69, 9.17) is 4.74 Å². The highest BCUT2D eigenvalue weighted by molar-refractivity contribution is 5.57. The molecule has 134 valence electrons. The first-order chi connectivity index (χ1) is 12.2. The van der Waals surface area contributed by atoms with Gasteiger partial charge in [-0.05, 0) is 36.9 Å². The topological polar surface area (TPSA) is 41.1 Å². The van der Waals surface area contributed by atoms with Crippen LogP contribution in [0.4, 0.5) is 0 Å². The van der Waals surface area contributed by atoms with Crippen molar-refractivity contribution in [2.24, 2.45) is 0 Å². The van der Waals surface area contributed by atoms with Crippen molar-refractivity contribution in [1.82, 2.24) is 15.1 Å². The maximum Gasteiger partial charge on any atom is 0.126 e. The number of aromatic amines is 1. The average Bonchev–Trinajstić information content (AvgIpc) is 3.12. The van der Waals surface area contributed by atoms with Crippen LogP contribution < -0.4 is 4.74 Å². The quantitative estimate of drug-likeness (QED) is 0.846. The van der Waals surface area contributed by atoms with Crippen LogP contribution in [0.1, 0.15) is 55.3 Å². The highest BCUT2D eigenvalue weighted by Gasteiger charge is 2.24. The van der Waals surface area contributed by atoms with Gasteiger partial charge < -0.3 is 4.74 Å². The number of H-pyrrole nitrogens is 1. The third-order valence-corrected chi connectivity index (χ3v) is 5.04. The number of nitrogens with one attached hydrogen (secondary N) is 1. The smallest absolute Gasteiger partial charge is 0.126 e. The SMILES string of the molecule is COc1ccccc1C=CCN1CCCC(c2[nH]ncc2C(C)C)C1. The molecule has 2 aromatic rings. The monoisotopic (exact) mass is 339 g/mol. The van der Waals surface area contributed by atoms with E-state index in [1.807, 2.05) is 24.4 Å². The van der Waals surface area contributed by atoms with Gasteiger partial charge in [-0.1, -0.05) is 44.2 Å². The van der Waals surface area contributed by atoms with Crippen molar-refractivity contribution in [3.8, 4) is 5.75 Å². The lowest BCUT2D eigenvalue weighted by atomic mass is 9.89. The molecule has 0 saturated carbocycles. The van der Waals surface area contributed by atoms with Crippen LogP contribution in [0.3, 0.4) is 0 Å². The maximum atomic E-state index is 5.41. The molecule has 1 unspecified atom stereocenters. The molecule has 3 rings (SSSR count). The fourth-order valence-electron chi connectivity index (χ4n) is 3.68. The molecule has 0 spiro atoms. The number of rotatable bonds is 6. The largest absolute Gasteiger partial charge is 0.496 e. The van der Waals surface area contributed by atoms with Crippen LogP contribution in [0.5, 0.6) is 5.75 Å². The lowest BCUT2D eigenvalue weighted by Crippen LogP contribution is -2.34. The van der Waals surface area contributed by atoms with Crippen LogP contribution in [0, 0.1) is 0 Å². The van der Waals surface area contributed by atoms with Gasteiger partial charge in [0.05, 0.1) is 13.3 Å². The third kappa shape index (κ3) is 4.31. The lowest BCUT2D eigenvalue weighted by Gasteiger charge is -2.32. The Labute approximate surface area is 150 Å². The lowest BCUT2D eigenvalue weighted by molar-refractivity contribution is 0.225. The van der Waals surface area contributed by atoms with Crippen molar-refractivity contribution in [2.45, 2.75) is 38.5 Å². The van der Waals surface area contributed by atoms with E-state index in [0.717, 1.165) is 30.9 Å². The van der Waals surface area contributed by atoms with E-state index in [9.17, 15) is 0 Å². The summed E-state index contributed by atoms with van der Waals surface area (Å²) < 4.78 is 5.41. The number of methoxy groups -OCH3 is 1.